The number of fused-ring (bicyclic) bond motifs is 1. The zero-order valence-electron chi connectivity index (χ0n) is 14.1. The molecule has 1 N–H and O–H groups in total. The molecule has 2 aromatic carbocycles. The van der Waals surface area contributed by atoms with E-state index in [4.69, 9.17) is 6.57 Å². The Bertz CT molecular complexity index is 797. The number of urea groups is 1. The van der Waals surface area contributed by atoms with E-state index in [-0.39, 0.29) is 6.03 Å². The van der Waals surface area contributed by atoms with E-state index in [1.54, 1.807) is 18.2 Å². The van der Waals surface area contributed by atoms with Crippen molar-refractivity contribution in [1.82, 2.24) is 4.90 Å². The second-order valence-electron chi connectivity index (χ2n) is 7.10. The van der Waals surface area contributed by atoms with Crippen LogP contribution in [-0.2, 0) is 0 Å². The van der Waals surface area contributed by atoms with Crippen molar-refractivity contribution in [3.8, 4) is 0 Å². The van der Waals surface area contributed by atoms with Crippen molar-refractivity contribution in [3.63, 3.8) is 0 Å². The molecule has 0 spiro atoms. The number of nitrogens with zero attached hydrogens (tertiary/aromatic N) is 2. The van der Waals surface area contributed by atoms with Crippen molar-refractivity contribution in [1.29, 1.82) is 0 Å². The molecule has 126 valence electrons. The normalized spacial score (nSPS) is 24.6. The maximum atomic E-state index is 12.5. The van der Waals surface area contributed by atoms with Crippen molar-refractivity contribution in [2.24, 2.45) is 11.8 Å². The summed E-state index contributed by atoms with van der Waals surface area (Å²) in [7, 11) is 0. The molecular weight excluding hydrogens is 310 g/mol. The van der Waals surface area contributed by atoms with Gasteiger partial charge in [0.15, 0.2) is 5.69 Å². The number of carbonyl (C=O) groups is 1. The lowest BCUT2D eigenvalue weighted by Crippen LogP contribution is -2.33. The lowest BCUT2D eigenvalue weighted by Gasteiger charge is -2.20. The molecular formula is C21H21N3O. The SMILES string of the molecule is [C-]#[N+]c1cccc(NC(=O)N2C[C@H]3CC(c4ccccc4)C[C@H]3C2)c1. The van der Waals surface area contributed by atoms with Crippen LogP contribution in [0.15, 0.2) is 54.6 Å². The summed E-state index contributed by atoms with van der Waals surface area (Å²) in [6, 6.07) is 17.8. The first-order valence-electron chi connectivity index (χ1n) is 8.81. The molecule has 1 aliphatic carbocycles. The number of rotatable bonds is 2. The van der Waals surface area contributed by atoms with E-state index in [1.807, 2.05) is 11.0 Å². The Morgan fingerprint density at radius 1 is 1.04 bits per heavy atom. The number of hydrogen-bond donors (Lipinski definition) is 1. The fraction of sp³-hybridized carbons (Fsp3) is 0.333. The van der Waals surface area contributed by atoms with Gasteiger partial charge in [-0.15, -0.1) is 0 Å². The van der Waals surface area contributed by atoms with Crippen molar-refractivity contribution in [3.05, 3.63) is 71.6 Å². The summed E-state index contributed by atoms with van der Waals surface area (Å²) in [5.41, 5.74) is 2.67. The first kappa shape index (κ1) is 15.7. The van der Waals surface area contributed by atoms with Gasteiger partial charge in [0.1, 0.15) is 0 Å². The van der Waals surface area contributed by atoms with E-state index in [9.17, 15) is 4.79 Å². The van der Waals surface area contributed by atoms with Gasteiger partial charge in [0.2, 0.25) is 0 Å². The molecule has 1 heterocycles. The third kappa shape index (κ3) is 3.23. The Kier molecular flexibility index (Phi) is 4.15. The quantitative estimate of drug-likeness (QED) is 0.781. The van der Waals surface area contributed by atoms with Crippen LogP contribution in [0.4, 0.5) is 16.2 Å². The molecule has 3 atom stereocenters. The van der Waals surface area contributed by atoms with Gasteiger partial charge < -0.3 is 10.2 Å². The van der Waals surface area contributed by atoms with E-state index in [2.05, 4.69) is 40.5 Å². The van der Waals surface area contributed by atoms with Crippen LogP contribution in [0.5, 0.6) is 0 Å². The van der Waals surface area contributed by atoms with Gasteiger partial charge in [-0.1, -0.05) is 42.5 Å². The average Bonchev–Trinajstić information content (AvgIpc) is 3.22. The van der Waals surface area contributed by atoms with Crippen LogP contribution in [0.2, 0.25) is 0 Å². The molecule has 0 bridgehead atoms. The van der Waals surface area contributed by atoms with Gasteiger partial charge in [-0.3, -0.25) is 0 Å². The van der Waals surface area contributed by atoms with E-state index in [0.29, 0.717) is 29.1 Å². The molecule has 2 fully saturated rings. The number of anilines is 1. The van der Waals surface area contributed by atoms with E-state index < -0.39 is 0 Å². The first-order valence-corrected chi connectivity index (χ1v) is 8.81. The predicted molar refractivity (Wildman–Crippen MR) is 98.7 cm³/mol. The fourth-order valence-electron chi connectivity index (χ4n) is 4.32. The summed E-state index contributed by atoms with van der Waals surface area (Å²) in [4.78, 5) is 17.9. The minimum Gasteiger partial charge on any atom is -0.324 e. The molecule has 1 saturated heterocycles. The van der Waals surface area contributed by atoms with Crippen LogP contribution in [0.25, 0.3) is 4.85 Å². The molecule has 4 heteroatoms. The predicted octanol–water partition coefficient (Wildman–Crippen LogP) is 4.89. The second-order valence-corrected chi connectivity index (χ2v) is 7.10. The van der Waals surface area contributed by atoms with Crippen molar-refractivity contribution in [2.45, 2.75) is 18.8 Å². The monoisotopic (exact) mass is 331 g/mol. The molecule has 25 heavy (non-hydrogen) atoms. The van der Waals surface area contributed by atoms with E-state index in [1.165, 1.54) is 18.4 Å². The minimum atomic E-state index is -0.0483. The maximum Gasteiger partial charge on any atom is 0.321 e. The molecule has 1 saturated carbocycles. The Labute approximate surface area is 148 Å². The van der Waals surface area contributed by atoms with Gasteiger partial charge in [-0.25, -0.2) is 9.64 Å². The van der Waals surface area contributed by atoms with Crippen molar-refractivity contribution in [2.75, 3.05) is 18.4 Å². The number of likely N-dealkylation sites (tertiary alicyclic amines) is 1. The fourth-order valence-corrected chi connectivity index (χ4v) is 4.32. The molecule has 1 unspecified atom stereocenters. The first-order chi connectivity index (χ1) is 12.2. The summed E-state index contributed by atoms with van der Waals surface area (Å²) >= 11 is 0. The minimum absolute atomic E-state index is 0.0483. The van der Waals surface area contributed by atoms with Crippen LogP contribution in [0, 0.1) is 18.4 Å². The maximum absolute atomic E-state index is 12.5. The zero-order valence-corrected chi connectivity index (χ0v) is 14.1. The number of amides is 2. The third-order valence-corrected chi connectivity index (χ3v) is 5.54. The molecule has 0 aromatic heterocycles. The summed E-state index contributed by atoms with van der Waals surface area (Å²) < 4.78 is 0. The van der Waals surface area contributed by atoms with Gasteiger partial charge in [-0.05, 0) is 48.3 Å². The third-order valence-electron chi connectivity index (χ3n) is 5.54. The number of hydrogen-bond acceptors (Lipinski definition) is 1. The topological polar surface area (TPSA) is 36.7 Å². The molecule has 4 nitrogen and oxygen atoms in total. The number of benzene rings is 2. The van der Waals surface area contributed by atoms with Gasteiger partial charge in [-0.2, -0.15) is 0 Å². The van der Waals surface area contributed by atoms with Gasteiger partial charge in [0.25, 0.3) is 0 Å². The molecule has 2 aliphatic rings. The van der Waals surface area contributed by atoms with Gasteiger partial charge in [0, 0.05) is 18.8 Å². The Hall–Kier alpha value is -2.80. The van der Waals surface area contributed by atoms with E-state index in [0.717, 1.165) is 13.1 Å². The van der Waals surface area contributed by atoms with Crippen LogP contribution in [-0.4, -0.2) is 24.0 Å². The Morgan fingerprint density at radius 2 is 1.76 bits per heavy atom. The van der Waals surface area contributed by atoms with Crippen LogP contribution in [0.1, 0.15) is 24.3 Å². The standard InChI is InChI=1S/C21H21N3O/c1-22-19-8-5-9-20(12-19)23-21(25)24-13-17-10-16(11-18(17)14-24)15-6-3-2-4-7-15/h2-9,12,16-18H,10-11,13-14H2,(H,23,25)/t16?,17-,18+. The molecule has 2 amide bonds. The highest BCUT2D eigenvalue weighted by molar-refractivity contribution is 5.90. The highest BCUT2D eigenvalue weighted by atomic mass is 16.2. The van der Waals surface area contributed by atoms with Gasteiger partial charge >= 0.3 is 6.03 Å². The summed E-state index contributed by atoms with van der Waals surface area (Å²) in [5.74, 6) is 1.84. The average molecular weight is 331 g/mol. The smallest absolute Gasteiger partial charge is 0.321 e. The molecule has 2 aromatic rings. The van der Waals surface area contributed by atoms with E-state index >= 15 is 0 Å². The second kappa shape index (κ2) is 6.60. The van der Waals surface area contributed by atoms with Crippen molar-refractivity contribution >= 4 is 17.4 Å². The summed E-state index contributed by atoms with van der Waals surface area (Å²) in [5, 5.41) is 2.93. The van der Waals surface area contributed by atoms with Crippen LogP contribution in [0.3, 0.4) is 0 Å². The number of carbonyl (C=O) groups excluding carboxylic acids is 1. The Morgan fingerprint density at radius 3 is 2.44 bits per heavy atom. The number of nitrogens with one attached hydrogen (secondary N) is 1. The van der Waals surface area contributed by atoms with Crippen LogP contribution < -0.4 is 5.32 Å². The summed E-state index contributed by atoms with van der Waals surface area (Å²) in [6.07, 6.45) is 2.34. The van der Waals surface area contributed by atoms with Crippen molar-refractivity contribution < 1.29 is 4.79 Å². The Balaban J connectivity index is 1.36. The highest BCUT2D eigenvalue weighted by Crippen LogP contribution is 2.46. The molecule has 4 rings (SSSR count). The lowest BCUT2D eigenvalue weighted by atomic mass is 9.96. The lowest BCUT2D eigenvalue weighted by molar-refractivity contribution is 0.218. The molecule has 0 radical (unpaired) electrons. The zero-order chi connectivity index (χ0) is 17.2. The summed E-state index contributed by atoms with van der Waals surface area (Å²) in [6.45, 7) is 8.74. The highest BCUT2D eigenvalue weighted by Gasteiger charge is 2.42. The van der Waals surface area contributed by atoms with Crippen LogP contribution >= 0.6 is 0 Å². The van der Waals surface area contributed by atoms with Gasteiger partial charge in [0.05, 0.1) is 6.57 Å². The molecule has 1 aliphatic heterocycles. The largest absolute Gasteiger partial charge is 0.324 e.